The van der Waals surface area contributed by atoms with E-state index in [2.05, 4.69) is 58.9 Å². The first-order valence-corrected chi connectivity index (χ1v) is 11.7. The third kappa shape index (κ3) is 6.57. The number of nitrogens with one attached hydrogen (secondary N) is 2. The van der Waals surface area contributed by atoms with Crippen molar-refractivity contribution in [1.82, 2.24) is 15.5 Å². The van der Waals surface area contributed by atoms with E-state index in [1.807, 2.05) is 30.3 Å². The lowest BCUT2D eigenvalue weighted by Gasteiger charge is -2.28. The summed E-state index contributed by atoms with van der Waals surface area (Å²) in [5, 5.41) is 6.99. The van der Waals surface area contributed by atoms with Crippen LogP contribution in [0.15, 0.2) is 66.7 Å². The van der Waals surface area contributed by atoms with Gasteiger partial charge in [-0.2, -0.15) is 0 Å². The van der Waals surface area contributed by atoms with Crippen molar-refractivity contribution >= 4 is 17.5 Å². The van der Waals surface area contributed by atoms with Crippen molar-refractivity contribution in [3.05, 3.63) is 88.4 Å². The van der Waals surface area contributed by atoms with Gasteiger partial charge in [0.25, 0.3) is 5.91 Å². The second-order valence-corrected chi connectivity index (χ2v) is 8.79. The molecular weight excluding hydrogens is 434 g/mol. The van der Waals surface area contributed by atoms with Gasteiger partial charge in [0.1, 0.15) is 5.75 Å². The van der Waals surface area contributed by atoms with Gasteiger partial charge < -0.3 is 15.4 Å². The third-order valence-corrected chi connectivity index (χ3v) is 6.13. The van der Waals surface area contributed by atoms with Gasteiger partial charge in [0, 0.05) is 49.9 Å². The van der Waals surface area contributed by atoms with Crippen LogP contribution in [0.1, 0.15) is 16.7 Å². The van der Waals surface area contributed by atoms with Gasteiger partial charge in [-0.1, -0.05) is 54.1 Å². The maximum absolute atomic E-state index is 12.4. The summed E-state index contributed by atoms with van der Waals surface area (Å²) in [6, 6.07) is 22.1. The number of nitrogens with zero attached hydrogens (tertiary/aromatic N) is 1. The van der Waals surface area contributed by atoms with E-state index in [0.717, 1.165) is 55.2 Å². The lowest BCUT2D eigenvalue weighted by atomic mass is 9.98. The molecule has 1 heterocycles. The van der Waals surface area contributed by atoms with E-state index in [1.165, 1.54) is 11.1 Å². The lowest BCUT2D eigenvalue weighted by Crippen LogP contribution is -2.43. The van der Waals surface area contributed by atoms with Crippen LogP contribution in [0.4, 0.5) is 0 Å². The SMILES string of the molecule is Cc1ccccc1-c1ccc(OCC(=O)NCc2ccc(Cl)cc2)c(CN2CCNCC2)c1. The molecule has 0 aromatic heterocycles. The molecule has 0 radical (unpaired) electrons. The van der Waals surface area contributed by atoms with E-state index >= 15 is 0 Å². The zero-order valence-electron chi connectivity index (χ0n) is 18.9. The summed E-state index contributed by atoms with van der Waals surface area (Å²) >= 11 is 5.92. The summed E-state index contributed by atoms with van der Waals surface area (Å²) in [4.78, 5) is 14.8. The predicted molar refractivity (Wildman–Crippen MR) is 134 cm³/mol. The monoisotopic (exact) mass is 463 g/mol. The number of amides is 1. The molecule has 1 amide bonds. The van der Waals surface area contributed by atoms with Crippen molar-refractivity contribution < 1.29 is 9.53 Å². The Labute approximate surface area is 200 Å². The Kier molecular flexibility index (Phi) is 8.00. The van der Waals surface area contributed by atoms with Gasteiger partial charge in [-0.3, -0.25) is 9.69 Å². The number of hydrogen-bond acceptors (Lipinski definition) is 4. The zero-order valence-corrected chi connectivity index (χ0v) is 19.7. The molecule has 0 atom stereocenters. The van der Waals surface area contributed by atoms with Crippen LogP contribution in [0.5, 0.6) is 5.75 Å². The molecule has 1 aliphatic heterocycles. The fourth-order valence-corrected chi connectivity index (χ4v) is 4.14. The normalized spacial score (nSPS) is 14.1. The molecule has 5 nitrogen and oxygen atoms in total. The van der Waals surface area contributed by atoms with Crippen molar-refractivity contribution in [2.45, 2.75) is 20.0 Å². The molecule has 0 unspecified atom stereocenters. The zero-order chi connectivity index (χ0) is 23.0. The lowest BCUT2D eigenvalue weighted by molar-refractivity contribution is -0.123. The highest BCUT2D eigenvalue weighted by Crippen LogP contribution is 2.30. The van der Waals surface area contributed by atoms with Crippen LogP contribution in [0.3, 0.4) is 0 Å². The second-order valence-electron chi connectivity index (χ2n) is 8.36. The Morgan fingerprint density at radius 2 is 1.82 bits per heavy atom. The molecule has 0 aliphatic carbocycles. The molecule has 1 saturated heterocycles. The van der Waals surface area contributed by atoms with Gasteiger partial charge in [-0.15, -0.1) is 0 Å². The largest absolute Gasteiger partial charge is 0.483 e. The number of benzene rings is 3. The molecule has 6 heteroatoms. The molecule has 33 heavy (non-hydrogen) atoms. The Hall–Kier alpha value is -2.86. The minimum atomic E-state index is -0.152. The number of carbonyl (C=O) groups excluding carboxylic acids is 1. The average Bonchev–Trinajstić information content (AvgIpc) is 2.84. The molecule has 0 spiro atoms. The maximum atomic E-state index is 12.4. The van der Waals surface area contributed by atoms with E-state index in [0.29, 0.717) is 11.6 Å². The summed E-state index contributed by atoms with van der Waals surface area (Å²) in [5.41, 5.74) is 5.71. The smallest absolute Gasteiger partial charge is 0.258 e. The highest BCUT2D eigenvalue weighted by Gasteiger charge is 2.15. The molecule has 172 valence electrons. The number of hydrogen-bond donors (Lipinski definition) is 2. The highest BCUT2D eigenvalue weighted by molar-refractivity contribution is 6.30. The van der Waals surface area contributed by atoms with Crippen molar-refractivity contribution in [2.75, 3.05) is 32.8 Å². The molecule has 3 aromatic rings. The number of aryl methyl sites for hydroxylation is 1. The van der Waals surface area contributed by atoms with Crippen LogP contribution in [0.2, 0.25) is 5.02 Å². The van der Waals surface area contributed by atoms with E-state index < -0.39 is 0 Å². The second kappa shape index (κ2) is 11.3. The van der Waals surface area contributed by atoms with Gasteiger partial charge in [0.2, 0.25) is 0 Å². The number of ether oxygens (including phenoxy) is 1. The van der Waals surface area contributed by atoms with E-state index in [-0.39, 0.29) is 12.5 Å². The minimum Gasteiger partial charge on any atom is -0.483 e. The number of rotatable bonds is 8. The van der Waals surface area contributed by atoms with Crippen molar-refractivity contribution in [2.24, 2.45) is 0 Å². The Bertz CT molecular complexity index is 1080. The summed E-state index contributed by atoms with van der Waals surface area (Å²) in [5.74, 6) is 0.605. The summed E-state index contributed by atoms with van der Waals surface area (Å²) in [6.45, 7) is 7.31. The molecule has 0 saturated carbocycles. The maximum Gasteiger partial charge on any atom is 0.258 e. The van der Waals surface area contributed by atoms with E-state index in [9.17, 15) is 4.79 Å². The van der Waals surface area contributed by atoms with Crippen LogP contribution < -0.4 is 15.4 Å². The quantitative estimate of drug-likeness (QED) is 0.519. The number of carbonyl (C=O) groups is 1. The van der Waals surface area contributed by atoms with Crippen LogP contribution in [0, 0.1) is 6.92 Å². The van der Waals surface area contributed by atoms with Crippen molar-refractivity contribution in [1.29, 1.82) is 0 Å². The number of halogens is 1. The van der Waals surface area contributed by atoms with Crippen molar-refractivity contribution in [3.8, 4) is 16.9 Å². The first kappa shape index (κ1) is 23.3. The molecule has 2 N–H and O–H groups in total. The minimum absolute atomic E-state index is 0.0220. The average molecular weight is 464 g/mol. The molecule has 3 aromatic carbocycles. The fourth-order valence-electron chi connectivity index (χ4n) is 4.02. The van der Waals surface area contributed by atoms with Gasteiger partial charge in [-0.25, -0.2) is 0 Å². The first-order chi connectivity index (χ1) is 16.1. The first-order valence-electron chi connectivity index (χ1n) is 11.3. The Balaban J connectivity index is 1.45. The van der Waals surface area contributed by atoms with Crippen molar-refractivity contribution in [3.63, 3.8) is 0 Å². The number of piperazine rings is 1. The van der Waals surface area contributed by atoms with Crippen LogP contribution in [-0.4, -0.2) is 43.6 Å². The molecule has 0 bridgehead atoms. The van der Waals surface area contributed by atoms with Gasteiger partial charge in [0.15, 0.2) is 6.61 Å². The van der Waals surface area contributed by atoms with Gasteiger partial charge >= 0.3 is 0 Å². The van der Waals surface area contributed by atoms with E-state index in [4.69, 9.17) is 16.3 Å². The van der Waals surface area contributed by atoms with Crippen LogP contribution >= 0.6 is 11.6 Å². The van der Waals surface area contributed by atoms with E-state index in [1.54, 1.807) is 0 Å². The molecule has 1 fully saturated rings. The molecule has 1 aliphatic rings. The fraction of sp³-hybridized carbons (Fsp3) is 0.296. The third-order valence-electron chi connectivity index (χ3n) is 5.88. The van der Waals surface area contributed by atoms with Gasteiger partial charge in [0.05, 0.1) is 0 Å². The standard InChI is InChI=1S/C27H30ClN3O2/c1-20-4-2-3-5-25(20)22-8-11-26(23(16-22)18-31-14-12-29-13-15-31)33-19-27(32)30-17-21-6-9-24(28)10-7-21/h2-11,16,29H,12-15,17-19H2,1H3,(H,30,32). The Morgan fingerprint density at radius 3 is 2.58 bits per heavy atom. The summed E-state index contributed by atoms with van der Waals surface area (Å²) in [7, 11) is 0. The van der Waals surface area contributed by atoms with Gasteiger partial charge in [-0.05, 0) is 53.4 Å². The predicted octanol–water partition coefficient (Wildman–Crippen LogP) is 4.42. The topological polar surface area (TPSA) is 53.6 Å². The highest BCUT2D eigenvalue weighted by atomic mass is 35.5. The van der Waals surface area contributed by atoms with Crippen LogP contribution in [0.25, 0.3) is 11.1 Å². The van der Waals surface area contributed by atoms with Crippen LogP contribution in [-0.2, 0) is 17.9 Å². The molecule has 4 rings (SSSR count). The summed E-state index contributed by atoms with van der Waals surface area (Å²) < 4.78 is 5.99. The summed E-state index contributed by atoms with van der Waals surface area (Å²) in [6.07, 6.45) is 0. The molecular formula is C27H30ClN3O2. The Morgan fingerprint density at radius 1 is 1.06 bits per heavy atom.